The van der Waals surface area contributed by atoms with Gasteiger partial charge in [-0.1, -0.05) is 23.2 Å². The minimum atomic E-state index is -2.05. The Balaban J connectivity index is 2.07. The molecule has 2 aliphatic heterocycles. The van der Waals surface area contributed by atoms with Crippen LogP contribution in [0.1, 0.15) is 11.1 Å². The van der Waals surface area contributed by atoms with Crippen LogP contribution in [-0.2, 0) is 39.5 Å². The molecule has 0 aromatic heterocycles. The zero-order chi connectivity index (χ0) is 26.2. The maximum absolute atomic E-state index is 14.5. The number of methoxy groups -OCH3 is 2. The van der Waals surface area contributed by atoms with Crippen LogP contribution in [-0.4, -0.2) is 52.1 Å². The summed E-state index contributed by atoms with van der Waals surface area (Å²) < 4.78 is 10.2. The summed E-state index contributed by atoms with van der Waals surface area (Å²) in [5.74, 6) is -2.90. The largest absolute Gasteiger partial charge is 0.466 e. The molecule has 2 spiro atoms. The van der Waals surface area contributed by atoms with Crippen molar-refractivity contribution in [2.24, 2.45) is 0 Å². The van der Waals surface area contributed by atoms with Crippen molar-refractivity contribution in [1.29, 1.82) is 0 Å². The van der Waals surface area contributed by atoms with Crippen molar-refractivity contribution in [2.45, 2.75) is 10.8 Å². The molecule has 8 nitrogen and oxygen atoms in total. The van der Waals surface area contributed by atoms with Crippen molar-refractivity contribution in [3.05, 3.63) is 80.9 Å². The monoisotopic (exact) mass is 526 g/mol. The molecule has 0 N–H and O–H groups in total. The molecular formula is C26H20Cl2N2O6. The molecule has 10 heteroatoms. The molecule has 0 unspecified atom stereocenters. The standard InChI is InChI=1S/C26H20Cl2N2O6/c1-29-19-9-5-13(27)11-17(19)25(23(29)33)15(21(31)35-3)7-8-16(22(32)36-4)26(25)18-12-14(28)6-10-20(18)30(2)24(26)34/h5-12H,1-4H3/t25-,26+. The van der Waals surface area contributed by atoms with Gasteiger partial charge in [0, 0.05) is 35.5 Å². The lowest BCUT2D eigenvalue weighted by Crippen LogP contribution is -2.64. The topological polar surface area (TPSA) is 93.2 Å². The number of hydrogen-bond donors (Lipinski definition) is 0. The summed E-state index contributed by atoms with van der Waals surface area (Å²) in [5, 5.41) is 0.546. The number of rotatable bonds is 2. The molecule has 5 rings (SSSR count). The number of carbonyl (C=O) groups is 4. The Kier molecular flexibility index (Phi) is 5.32. The summed E-state index contributed by atoms with van der Waals surface area (Å²) >= 11 is 12.8. The van der Waals surface area contributed by atoms with Crippen LogP contribution in [0.15, 0.2) is 59.7 Å². The maximum Gasteiger partial charge on any atom is 0.335 e. The van der Waals surface area contributed by atoms with Crippen molar-refractivity contribution in [3.63, 3.8) is 0 Å². The first-order valence-corrected chi connectivity index (χ1v) is 11.6. The van der Waals surface area contributed by atoms with Gasteiger partial charge in [0.1, 0.15) is 10.8 Å². The van der Waals surface area contributed by atoms with Crippen molar-refractivity contribution in [2.75, 3.05) is 38.1 Å². The Morgan fingerprint density at radius 1 is 0.722 bits per heavy atom. The average Bonchev–Trinajstić information content (AvgIpc) is 3.21. The summed E-state index contributed by atoms with van der Waals surface area (Å²) in [6.45, 7) is 0. The second-order valence-electron chi connectivity index (χ2n) is 8.70. The molecule has 2 amide bonds. The van der Waals surface area contributed by atoms with Gasteiger partial charge in [0.05, 0.1) is 25.4 Å². The second kappa shape index (κ2) is 7.94. The minimum absolute atomic E-state index is 0.120. The number of allylic oxidation sites excluding steroid dienone is 2. The summed E-state index contributed by atoms with van der Waals surface area (Å²) in [4.78, 5) is 58.4. The lowest BCUT2D eigenvalue weighted by molar-refractivity contribution is -0.144. The number of ether oxygens (including phenoxy) is 2. The molecule has 2 aromatic rings. The number of likely N-dealkylation sites (N-methyl/N-ethyl adjacent to an activating group) is 2. The molecular weight excluding hydrogens is 507 g/mol. The van der Waals surface area contributed by atoms with Gasteiger partial charge in [-0.25, -0.2) is 9.59 Å². The zero-order valence-corrected chi connectivity index (χ0v) is 21.2. The molecule has 0 fully saturated rings. The van der Waals surface area contributed by atoms with E-state index in [4.69, 9.17) is 32.7 Å². The molecule has 2 heterocycles. The number of anilines is 2. The predicted octanol–water partition coefficient (Wildman–Crippen LogP) is 3.33. The number of nitrogens with zero attached hydrogens (tertiary/aromatic N) is 2. The molecule has 36 heavy (non-hydrogen) atoms. The van der Waals surface area contributed by atoms with Gasteiger partial charge in [-0.3, -0.25) is 9.59 Å². The van der Waals surface area contributed by atoms with Crippen LogP contribution in [0.4, 0.5) is 11.4 Å². The van der Waals surface area contributed by atoms with E-state index in [1.54, 1.807) is 24.3 Å². The fourth-order valence-corrected chi connectivity index (χ4v) is 6.23. The number of halogens is 2. The molecule has 0 radical (unpaired) electrons. The fraction of sp³-hybridized carbons (Fsp3) is 0.231. The first kappa shape index (κ1) is 24.1. The molecule has 184 valence electrons. The first-order chi connectivity index (χ1) is 17.1. The van der Waals surface area contributed by atoms with E-state index in [1.807, 2.05) is 0 Å². The van der Waals surface area contributed by atoms with E-state index in [0.717, 1.165) is 0 Å². The van der Waals surface area contributed by atoms with Gasteiger partial charge in [0.2, 0.25) is 11.8 Å². The molecule has 1 aliphatic carbocycles. The van der Waals surface area contributed by atoms with Crippen LogP contribution < -0.4 is 9.80 Å². The highest BCUT2D eigenvalue weighted by atomic mass is 35.5. The van der Waals surface area contributed by atoms with Crippen LogP contribution in [0.5, 0.6) is 0 Å². The first-order valence-electron chi connectivity index (χ1n) is 10.8. The lowest BCUT2D eigenvalue weighted by Gasteiger charge is -2.47. The third-order valence-electron chi connectivity index (χ3n) is 7.30. The summed E-state index contributed by atoms with van der Waals surface area (Å²) in [6.07, 6.45) is 2.67. The van der Waals surface area contributed by atoms with Crippen molar-refractivity contribution < 1.29 is 28.7 Å². The van der Waals surface area contributed by atoms with E-state index < -0.39 is 34.6 Å². The fourth-order valence-electron chi connectivity index (χ4n) is 5.88. The lowest BCUT2D eigenvalue weighted by atomic mass is 9.49. The average molecular weight is 527 g/mol. The Labute approximate surface area is 216 Å². The Morgan fingerprint density at radius 2 is 1.08 bits per heavy atom. The zero-order valence-electron chi connectivity index (χ0n) is 19.7. The Morgan fingerprint density at radius 3 is 1.42 bits per heavy atom. The van der Waals surface area contributed by atoms with E-state index in [2.05, 4.69) is 0 Å². The minimum Gasteiger partial charge on any atom is -0.466 e. The molecule has 0 saturated heterocycles. The van der Waals surface area contributed by atoms with Crippen molar-refractivity contribution in [3.8, 4) is 0 Å². The van der Waals surface area contributed by atoms with Gasteiger partial charge < -0.3 is 19.3 Å². The van der Waals surface area contributed by atoms with Gasteiger partial charge in [0.15, 0.2) is 0 Å². The quantitative estimate of drug-likeness (QED) is 0.557. The highest BCUT2D eigenvalue weighted by molar-refractivity contribution is 6.33. The van der Waals surface area contributed by atoms with Crippen LogP contribution in [0.3, 0.4) is 0 Å². The third kappa shape index (κ3) is 2.60. The number of hydrogen-bond acceptors (Lipinski definition) is 6. The highest BCUT2D eigenvalue weighted by Gasteiger charge is 2.76. The van der Waals surface area contributed by atoms with Gasteiger partial charge in [-0.05, 0) is 59.7 Å². The summed E-state index contributed by atoms with van der Waals surface area (Å²) in [5.41, 5.74) is -2.92. The van der Waals surface area contributed by atoms with Crippen LogP contribution in [0.2, 0.25) is 10.0 Å². The van der Waals surface area contributed by atoms with E-state index in [1.165, 1.54) is 62.4 Å². The number of esters is 2. The maximum atomic E-state index is 14.5. The van der Waals surface area contributed by atoms with Crippen LogP contribution in [0, 0.1) is 0 Å². The third-order valence-corrected chi connectivity index (χ3v) is 7.77. The van der Waals surface area contributed by atoms with E-state index >= 15 is 0 Å². The Hall–Kier alpha value is -3.62. The number of carbonyl (C=O) groups excluding carboxylic acids is 4. The van der Waals surface area contributed by atoms with Crippen LogP contribution >= 0.6 is 23.2 Å². The van der Waals surface area contributed by atoms with Gasteiger partial charge in [-0.2, -0.15) is 0 Å². The second-order valence-corrected chi connectivity index (χ2v) is 9.57. The van der Waals surface area contributed by atoms with Gasteiger partial charge in [0.25, 0.3) is 0 Å². The summed E-state index contributed by atoms with van der Waals surface area (Å²) in [6, 6.07) is 9.53. The number of amides is 2. The van der Waals surface area contributed by atoms with E-state index in [-0.39, 0.29) is 32.3 Å². The molecule has 0 bridgehead atoms. The van der Waals surface area contributed by atoms with Gasteiger partial charge >= 0.3 is 11.9 Å². The Bertz CT molecular complexity index is 1350. The number of fused-ring (bicyclic) bond motifs is 5. The molecule has 0 saturated carbocycles. The van der Waals surface area contributed by atoms with Crippen molar-refractivity contribution >= 4 is 58.3 Å². The SMILES string of the molecule is COC(=O)C1=CC=C(C(=O)OC)[C@@]2(C(=O)N(C)c3ccc(Cl)cc32)[C@@]12C(=O)N(C)c1ccc(Cl)cc12. The number of benzene rings is 2. The van der Waals surface area contributed by atoms with Crippen molar-refractivity contribution in [1.82, 2.24) is 0 Å². The summed E-state index contributed by atoms with van der Waals surface area (Å²) in [7, 11) is 5.42. The van der Waals surface area contributed by atoms with E-state index in [9.17, 15) is 19.2 Å². The van der Waals surface area contributed by atoms with E-state index in [0.29, 0.717) is 11.4 Å². The van der Waals surface area contributed by atoms with Gasteiger partial charge in [-0.15, -0.1) is 0 Å². The molecule has 2 atom stereocenters. The smallest absolute Gasteiger partial charge is 0.335 e. The predicted molar refractivity (Wildman–Crippen MR) is 133 cm³/mol. The molecule has 3 aliphatic rings. The normalized spacial score (nSPS) is 24.1. The highest BCUT2D eigenvalue weighted by Crippen LogP contribution is 2.65. The molecule has 2 aromatic carbocycles. The van der Waals surface area contributed by atoms with Crippen LogP contribution in [0.25, 0.3) is 0 Å².